The number of esters is 1. The summed E-state index contributed by atoms with van der Waals surface area (Å²) in [6.45, 7) is 7.35. The maximum atomic E-state index is 13.5. The average Bonchev–Trinajstić information content (AvgIpc) is 2.67. The molecule has 0 spiro atoms. The zero-order valence-corrected chi connectivity index (χ0v) is 19.1. The quantitative estimate of drug-likeness (QED) is 0.507. The second kappa shape index (κ2) is 11.1. The first kappa shape index (κ1) is 24.7. The van der Waals surface area contributed by atoms with E-state index < -0.39 is 17.7 Å². The highest BCUT2D eigenvalue weighted by molar-refractivity contribution is 6.33. The topological polar surface area (TPSA) is 64.6 Å². The van der Waals surface area contributed by atoms with Crippen molar-refractivity contribution in [2.75, 3.05) is 6.61 Å². The Morgan fingerprint density at radius 3 is 2.42 bits per heavy atom. The Balaban J connectivity index is 2.04. The van der Waals surface area contributed by atoms with Crippen LogP contribution >= 0.6 is 11.6 Å². The third kappa shape index (κ3) is 8.58. The van der Waals surface area contributed by atoms with Crippen LogP contribution in [0.25, 0.3) is 11.1 Å². The molecule has 2 aromatic carbocycles. The van der Waals surface area contributed by atoms with Gasteiger partial charge in [0.2, 0.25) is 0 Å². The predicted octanol–water partition coefficient (Wildman–Crippen LogP) is 5.93. The molecule has 5 nitrogen and oxygen atoms in total. The number of rotatable bonds is 8. The number of benzene rings is 2. The minimum absolute atomic E-state index is 0.0596. The number of alkyl carbamates (subject to hydrolysis) is 1. The number of hydrogen-bond donors (Lipinski definition) is 1. The van der Waals surface area contributed by atoms with Crippen LogP contribution < -0.4 is 5.32 Å². The van der Waals surface area contributed by atoms with Crippen LogP contribution in [0.2, 0.25) is 5.02 Å². The Labute approximate surface area is 187 Å². The Kier molecular flexibility index (Phi) is 8.87. The van der Waals surface area contributed by atoms with Gasteiger partial charge in [-0.15, -0.1) is 0 Å². The molecule has 0 aromatic heterocycles. The van der Waals surface area contributed by atoms with Gasteiger partial charge in [0.1, 0.15) is 11.4 Å². The van der Waals surface area contributed by atoms with Gasteiger partial charge in [-0.05, 0) is 69.9 Å². The van der Waals surface area contributed by atoms with Crippen molar-refractivity contribution < 1.29 is 23.5 Å². The standard InChI is InChI=1S/C24H29ClFNO4/c1-5-30-22(28)15-19(27-23(29)31-24(2,3)4)12-8-16-6-9-17(10-7-16)20-14-18(26)11-13-21(20)25/h6-7,9-11,13-14,19H,5,8,12,15H2,1-4H3,(H,27,29)/t19-/m1/s1. The number of hydrogen-bond acceptors (Lipinski definition) is 4. The first-order valence-corrected chi connectivity index (χ1v) is 10.6. The van der Waals surface area contributed by atoms with Gasteiger partial charge in [-0.2, -0.15) is 0 Å². The summed E-state index contributed by atoms with van der Waals surface area (Å²) in [7, 11) is 0. The lowest BCUT2D eigenvalue weighted by atomic mass is 9.99. The summed E-state index contributed by atoms with van der Waals surface area (Å²) in [6.07, 6.45) is 0.636. The molecule has 1 amide bonds. The van der Waals surface area contributed by atoms with E-state index in [2.05, 4.69) is 5.32 Å². The minimum atomic E-state index is -0.632. The highest BCUT2D eigenvalue weighted by atomic mass is 35.5. The van der Waals surface area contributed by atoms with Crippen molar-refractivity contribution >= 4 is 23.7 Å². The first-order valence-electron chi connectivity index (χ1n) is 10.3. The zero-order valence-electron chi connectivity index (χ0n) is 18.3. The molecule has 0 fully saturated rings. The van der Waals surface area contributed by atoms with Crippen LogP contribution in [0.4, 0.5) is 9.18 Å². The molecule has 0 aliphatic heterocycles. The van der Waals surface area contributed by atoms with E-state index in [9.17, 15) is 14.0 Å². The molecule has 0 bridgehead atoms. The lowest BCUT2D eigenvalue weighted by Crippen LogP contribution is -2.40. The van der Waals surface area contributed by atoms with Crippen molar-refractivity contribution in [3.8, 4) is 11.1 Å². The number of halogens is 2. The Hall–Kier alpha value is -2.60. The van der Waals surface area contributed by atoms with Crippen LogP contribution in [-0.2, 0) is 20.7 Å². The van der Waals surface area contributed by atoms with E-state index in [0.717, 1.165) is 11.1 Å². The van der Waals surface area contributed by atoms with Crippen LogP contribution in [0.3, 0.4) is 0 Å². The van der Waals surface area contributed by atoms with Crippen LogP contribution in [0.1, 0.15) is 46.1 Å². The number of ether oxygens (including phenoxy) is 2. The average molecular weight is 450 g/mol. The van der Waals surface area contributed by atoms with Crippen molar-refractivity contribution in [2.24, 2.45) is 0 Å². The Morgan fingerprint density at radius 2 is 1.81 bits per heavy atom. The lowest BCUT2D eigenvalue weighted by molar-refractivity contribution is -0.143. The highest BCUT2D eigenvalue weighted by Gasteiger charge is 2.22. The van der Waals surface area contributed by atoms with E-state index in [-0.39, 0.29) is 24.8 Å². The van der Waals surface area contributed by atoms with Crippen molar-refractivity contribution in [1.29, 1.82) is 0 Å². The van der Waals surface area contributed by atoms with Crippen molar-refractivity contribution in [3.05, 3.63) is 58.9 Å². The summed E-state index contributed by atoms with van der Waals surface area (Å²) in [5.74, 6) is -0.724. The summed E-state index contributed by atoms with van der Waals surface area (Å²) in [6, 6.07) is 11.4. The molecule has 0 unspecified atom stereocenters. The maximum absolute atomic E-state index is 13.5. The highest BCUT2D eigenvalue weighted by Crippen LogP contribution is 2.29. The Bertz CT molecular complexity index is 893. The second-order valence-electron chi connectivity index (χ2n) is 8.21. The molecule has 1 N–H and O–H groups in total. The first-order chi connectivity index (χ1) is 14.6. The molecule has 168 valence electrons. The van der Waals surface area contributed by atoms with Gasteiger partial charge in [0.25, 0.3) is 0 Å². The largest absolute Gasteiger partial charge is 0.466 e. The van der Waals surface area contributed by atoms with Crippen LogP contribution in [0.15, 0.2) is 42.5 Å². The van der Waals surface area contributed by atoms with Gasteiger partial charge < -0.3 is 14.8 Å². The van der Waals surface area contributed by atoms with Gasteiger partial charge in [0.15, 0.2) is 0 Å². The summed E-state index contributed by atoms with van der Waals surface area (Å²) in [5.41, 5.74) is 1.81. The van der Waals surface area contributed by atoms with Crippen LogP contribution in [-0.4, -0.2) is 30.3 Å². The molecule has 2 aromatic rings. The van der Waals surface area contributed by atoms with Crippen molar-refractivity contribution in [3.63, 3.8) is 0 Å². The van der Waals surface area contributed by atoms with E-state index in [4.69, 9.17) is 21.1 Å². The molecule has 0 radical (unpaired) electrons. The predicted molar refractivity (Wildman–Crippen MR) is 120 cm³/mol. The third-order valence-electron chi connectivity index (χ3n) is 4.41. The maximum Gasteiger partial charge on any atom is 0.407 e. The molecule has 0 heterocycles. The molecular weight excluding hydrogens is 421 g/mol. The fourth-order valence-electron chi connectivity index (χ4n) is 3.03. The van der Waals surface area contributed by atoms with E-state index in [1.54, 1.807) is 27.7 Å². The number of amides is 1. The summed E-state index contributed by atoms with van der Waals surface area (Å²) in [5, 5.41) is 3.24. The minimum Gasteiger partial charge on any atom is -0.466 e. The van der Waals surface area contributed by atoms with Crippen molar-refractivity contribution in [2.45, 2.75) is 58.6 Å². The Morgan fingerprint density at radius 1 is 1.13 bits per heavy atom. The van der Waals surface area contributed by atoms with E-state index in [1.165, 1.54) is 18.2 Å². The fraction of sp³-hybridized carbons (Fsp3) is 0.417. The molecule has 2 rings (SSSR count). The molecule has 0 saturated heterocycles. The molecule has 0 aliphatic rings. The monoisotopic (exact) mass is 449 g/mol. The van der Waals surface area contributed by atoms with E-state index in [0.29, 0.717) is 23.4 Å². The molecule has 0 aliphatic carbocycles. The smallest absolute Gasteiger partial charge is 0.407 e. The summed E-state index contributed by atoms with van der Waals surface area (Å²) >= 11 is 6.18. The van der Waals surface area contributed by atoms with Gasteiger partial charge in [-0.3, -0.25) is 4.79 Å². The van der Waals surface area contributed by atoms with Gasteiger partial charge in [0, 0.05) is 16.6 Å². The summed E-state index contributed by atoms with van der Waals surface area (Å²) < 4.78 is 23.9. The molecule has 1 atom stereocenters. The zero-order chi connectivity index (χ0) is 23.0. The summed E-state index contributed by atoms with van der Waals surface area (Å²) in [4.78, 5) is 24.1. The third-order valence-corrected chi connectivity index (χ3v) is 4.74. The van der Waals surface area contributed by atoms with Gasteiger partial charge >= 0.3 is 12.1 Å². The lowest BCUT2D eigenvalue weighted by Gasteiger charge is -2.23. The van der Waals surface area contributed by atoms with Crippen LogP contribution in [0, 0.1) is 5.82 Å². The molecule has 0 saturated carbocycles. The molecule has 7 heteroatoms. The number of aryl methyl sites for hydroxylation is 1. The molecule has 31 heavy (non-hydrogen) atoms. The number of nitrogens with one attached hydrogen (secondary N) is 1. The van der Waals surface area contributed by atoms with Crippen molar-refractivity contribution in [1.82, 2.24) is 5.32 Å². The SMILES string of the molecule is CCOC(=O)C[C@@H](CCc1ccc(-c2cc(F)ccc2Cl)cc1)NC(=O)OC(C)(C)C. The van der Waals surface area contributed by atoms with Gasteiger partial charge in [-0.1, -0.05) is 35.9 Å². The van der Waals surface area contributed by atoms with Gasteiger partial charge in [0.05, 0.1) is 13.0 Å². The second-order valence-corrected chi connectivity index (χ2v) is 8.62. The number of carbonyl (C=O) groups is 2. The number of carbonyl (C=O) groups excluding carboxylic acids is 2. The van der Waals surface area contributed by atoms with E-state index >= 15 is 0 Å². The normalized spacial score (nSPS) is 12.2. The van der Waals surface area contributed by atoms with Gasteiger partial charge in [-0.25, -0.2) is 9.18 Å². The van der Waals surface area contributed by atoms with E-state index in [1.807, 2.05) is 24.3 Å². The fourth-order valence-corrected chi connectivity index (χ4v) is 3.26. The molecular formula is C24H29ClFNO4. The van der Waals surface area contributed by atoms with Crippen LogP contribution in [0.5, 0.6) is 0 Å².